The maximum atomic E-state index is 13.7. The summed E-state index contributed by atoms with van der Waals surface area (Å²) in [5.74, 6) is -0.625. The number of halogens is 1. The zero-order chi connectivity index (χ0) is 23.9. The third-order valence-corrected chi connectivity index (χ3v) is 6.30. The molecule has 7 nitrogen and oxygen atoms in total. The summed E-state index contributed by atoms with van der Waals surface area (Å²) >= 11 is 0. The Labute approximate surface area is 199 Å². The Bertz CT molecular complexity index is 1030. The second kappa shape index (κ2) is 11.2. The molecule has 0 radical (unpaired) electrons. The first-order valence-electron chi connectivity index (χ1n) is 11.9. The van der Waals surface area contributed by atoms with Crippen molar-refractivity contribution in [3.63, 3.8) is 0 Å². The van der Waals surface area contributed by atoms with E-state index in [-0.39, 0.29) is 42.0 Å². The van der Waals surface area contributed by atoms with Gasteiger partial charge in [-0.1, -0.05) is 24.3 Å². The molecule has 0 unspecified atom stereocenters. The van der Waals surface area contributed by atoms with Gasteiger partial charge in [-0.2, -0.15) is 0 Å². The van der Waals surface area contributed by atoms with E-state index in [4.69, 9.17) is 0 Å². The zero-order valence-corrected chi connectivity index (χ0v) is 19.2. The Morgan fingerprint density at radius 1 is 0.971 bits per heavy atom. The molecule has 0 bridgehead atoms. The number of nitrogens with one attached hydrogen (secondary N) is 3. The van der Waals surface area contributed by atoms with Gasteiger partial charge in [-0.3, -0.25) is 19.3 Å². The highest BCUT2D eigenvalue weighted by molar-refractivity contribution is 5.97. The van der Waals surface area contributed by atoms with Crippen molar-refractivity contribution in [3.8, 4) is 0 Å². The lowest BCUT2D eigenvalue weighted by Gasteiger charge is -2.30. The quantitative estimate of drug-likeness (QED) is 0.530. The molecule has 2 aromatic rings. The molecule has 1 saturated carbocycles. The van der Waals surface area contributed by atoms with Gasteiger partial charge in [0, 0.05) is 29.8 Å². The minimum atomic E-state index is -0.253. The van der Waals surface area contributed by atoms with Gasteiger partial charge in [0.1, 0.15) is 5.82 Å². The van der Waals surface area contributed by atoms with Gasteiger partial charge in [-0.25, -0.2) is 4.39 Å². The SMILES string of the molecule is O=C(CN1CCC(C(=O)NCCc2ccccc2F)CC1)Nc1cccc(C(=O)NC2CC2)c1. The Morgan fingerprint density at radius 3 is 2.47 bits per heavy atom. The molecule has 2 aromatic carbocycles. The minimum Gasteiger partial charge on any atom is -0.356 e. The van der Waals surface area contributed by atoms with Crippen LogP contribution in [0.15, 0.2) is 48.5 Å². The number of anilines is 1. The van der Waals surface area contributed by atoms with Crippen molar-refractivity contribution in [1.82, 2.24) is 15.5 Å². The molecule has 1 aliphatic carbocycles. The van der Waals surface area contributed by atoms with Crippen LogP contribution in [0.2, 0.25) is 0 Å². The van der Waals surface area contributed by atoms with Gasteiger partial charge < -0.3 is 16.0 Å². The van der Waals surface area contributed by atoms with Crippen LogP contribution in [0.5, 0.6) is 0 Å². The van der Waals surface area contributed by atoms with Crippen molar-refractivity contribution >= 4 is 23.4 Å². The van der Waals surface area contributed by atoms with Crippen LogP contribution in [0.1, 0.15) is 41.6 Å². The van der Waals surface area contributed by atoms with E-state index in [0.29, 0.717) is 55.7 Å². The fraction of sp³-hybridized carbons (Fsp3) is 0.423. The number of carbonyl (C=O) groups is 3. The molecule has 4 rings (SSSR count). The van der Waals surface area contributed by atoms with Crippen LogP contribution in [0.4, 0.5) is 10.1 Å². The lowest BCUT2D eigenvalue weighted by atomic mass is 9.96. The van der Waals surface area contributed by atoms with E-state index in [0.717, 1.165) is 12.8 Å². The molecule has 34 heavy (non-hydrogen) atoms. The van der Waals surface area contributed by atoms with Crippen LogP contribution in [0.3, 0.4) is 0 Å². The summed E-state index contributed by atoms with van der Waals surface area (Å²) in [5, 5.41) is 8.72. The smallest absolute Gasteiger partial charge is 0.251 e. The number of benzene rings is 2. The summed E-state index contributed by atoms with van der Waals surface area (Å²) in [5.41, 5.74) is 1.72. The average Bonchev–Trinajstić information content (AvgIpc) is 3.65. The lowest BCUT2D eigenvalue weighted by Crippen LogP contribution is -2.43. The van der Waals surface area contributed by atoms with E-state index in [2.05, 4.69) is 16.0 Å². The molecule has 3 amide bonds. The summed E-state index contributed by atoms with van der Waals surface area (Å²) in [4.78, 5) is 39.2. The number of amides is 3. The number of rotatable bonds is 9. The number of nitrogens with zero attached hydrogens (tertiary/aromatic N) is 1. The highest BCUT2D eigenvalue weighted by atomic mass is 19.1. The Morgan fingerprint density at radius 2 is 1.74 bits per heavy atom. The van der Waals surface area contributed by atoms with Crippen LogP contribution in [-0.4, -0.2) is 54.8 Å². The summed E-state index contributed by atoms with van der Waals surface area (Å²) in [6.07, 6.45) is 3.86. The van der Waals surface area contributed by atoms with Gasteiger partial charge in [0.25, 0.3) is 5.91 Å². The van der Waals surface area contributed by atoms with E-state index >= 15 is 0 Å². The molecule has 1 saturated heterocycles. The van der Waals surface area contributed by atoms with Crippen LogP contribution >= 0.6 is 0 Å². The highest BCUT2D eigenvalue weighted by Gasteiger charge is 2.26. The minimum absolute atomic E-state index is 0.0123. The maximum Gasteiger partial charge on any atom is 0.251 e. The summed E-state index contributed by atoms with van der Waals surface area (Å²) in [7, 11) is 0. The van der Waals surface area contributed by atoms with Gasteiger partial charge in [-0.05, 0) is 75.0 Å². The van der Waals surface area contributed by atoms with Crippen molar-refractivity contribution < 1.29 is 18.8 Å². The molecule has 1 aliphatic heterocycles. The largest absolute Gasteiger partial charge is 0.356 e. The molecule has 180 valence electrons. The van der Waals surface area contributed by atoms with Gasteiger partial charge >= 0.3 is 0 Å². The summed E-state index contributed by atoms with van der Waals surface area (Å²) in [6, 6.07) is 13.8. The summed E-state index contributed by atoms with van der Waals surface area (Å²) < 4.78 is 13.7. The van der Waals surface area contributed by atoms with Crippen molar-refractivity contribution in [3.05, 3.63) is 65.5 Å². The average molecular weight is 467 g/mol. The van der Waals surface area contributed by atoms with E-state index in [1.165, 1.54) is 6.07 Å². The van der Waals surface area contributed by atoms with Crippen molar-refractivity contribution in [2.45, 2.75) is 38.1 Å². The predicted octanol–water partition coefficient (Wildman–Crippen LogP) is 2.73. The standard InChI is InChI=1S/C26H31FN4O3/c27-23-7-2-1-4-18(23)10-13-28-25(33)19-11-14-31(15-12-19)17-24(32)29-22-6-3-5-20(16-22)26(34)30-21-8-9-21/h1-7,16,19,21H,8-15,17H2,(H,28,33)(H,29,32)(H,30,34). The van der Waals surface area contributed by atoms with Gasteiger partial charge in [0.2, 0.25) is 11.8 Å². The van der Waals surface area contributed by atoms with E-state index in [9.17, 15) is 18.8 Å². The van der Waals surface area contributed by atoms with Crippen LogP contribution in [0, 0.1) is 11.7 Å². The first-order valence-corrected chi connectivity index (χ1v) is 11.9. The number of hydrogen-bond acceptors (Lipinski definition) is 4. The molecule has 0 atom stereocenters. The molecular weight excluding hydrogens is 435 g/mol. The number of piperidine rings is 1. The Kier molecular flexibility index (Phi) is 7.90. The van der Waals surface area contributed by atoms with Gasteiger partial charge in [-0.15, -0.1) is 0 Å². The lowest BCUT2D eigenvalue weighted by molar-refractivity contribution is -0.126. The first-order chi connectivity index (χ1) is 16.5. The maximum absolute atomic E-state index is 13.7. The fourth-order valence-corrected chi connectivity index (χ4v) is 4.16. The molecule has 8 heteroatoms. The van der Waals surface area contributed by atoms with E-state index in [1.54, 1.807) is 42.5 Å². The van der Waals surface area contributed by atoms with Crippen LogP contribution in [0.25, 0.3) is 0 Å². The predicted molar refractivity (Wildman–Crippen MR) is 128 cm³/mol. The zero-order valence-electron chi connectivity index (χ0n) is 19.2. The molecule has 3 N–H and O–H groups in total. The molecule has 0 aromatic heterocycles. The van der Waals surface area contributed by atoms with E-state index < -0.39 is 0 Å². The molecular formula is C26H31FN4O3. The number of likely N-dealkylation sites (tertiary alicyclic amines) is 1. The Hall–Kier alpha value is -3.26. The summed E-state index contributed by atoms with van der Waals surface area (Å²) in [6.45, 7) is 1.95. The normalized spacial score (nSPS) is 16.6. The second-order valence-corrected chi connectivity index (χ2v) is 9.06. The highest BCUT2D eigenvalue weighted by Crippen LogP contribution is 2.20. The van der Waals surface area contributed by atoms with Crippen molar-refractivity contribution in [2.75, 3.05) is 31.5 Å². The molecule has 0 spiro atoms. The van der Waals surface area contributed by atoms with Crippen LogP contribution in [-0.2, 0) is 16.0 Å². The fourth-order valence-electron chi connectivity index (χ4n) is 4.16. The van der Waals surface area contributed by atoms with Gasteiger partial charge in [0.05, 0.1) is 6.54 Å². The van der Waals surface area contributed by atoms with Crippen LogP contribution < -0.4 is 16.0 Å². The monoisotopic (exact) mass is 466 g/mol. The first kappa shape index (κ1) is 23.9. The molecule has 2 fully saturated rings. The second-order valence-electron chi connectivity index (χ2n) is 9.06. The third-order valence-electron chi connectivity index (χ3n) is 6.30. The number of hydrogen-bond donors (Lipinski definition) is 3. The molecule has 1 heterocycles. The van der Waals surface area contributed by atoms with Gasteiger partial charge in [0.15, 0.2) is 0 Å². The van der Waals surface area contributed by atoms with Crippen molar-refractivity contribution in [1.29, 1.82) is 0 Å². The molecule has 2 aliphatic rings. The topological polar surface area (TPSA) is 90.5 Å². The van der Waals surface area contributed by atoms with Crippen molar-refractivity contribution in [2.24, 2.45) is 5.92 Å². The third kappa shape index (κ3) is 6.87. The van der Waals surface area contributed by atoms with E-state index in [1.807, 2.05) is 4.90 Å². The Balaban J connectivity index is 1.16. The number of carbonyl (C=O) groups excluding carboxylic acids is 3.